The Morgan fingerprint density at radius 3 is 2.13 bits per heavy atom. The molecule has 6 rings (SSSR count). The standard InChI is InChI=1S/C42H72O13/c1-20(2)11-10-14-42(9,51)22-12-16-40(7)28(22)23(44)17-26-39(6)15-13-27(45)38(4,5)35(39)24(18-41(26,40)8)53-37-34(32(49)30(47)25(19-43)54-37)55-36-33(50)31(48)29(46)21(3)52-36/h11,21-37,43-51H,10,12-19H2,1-9H3/t21-,22-,23+,24-,25+,26+,27-,28-,29-,30+,31+,32-,33+,34+,35?,36-,37+,39+,40?,41+,42-/m0/s1. The zero-order valence-corrected chi connectivity index (χ0v) is 34.4. The third-order valence-electron chi connectivity index (χ3n) is 16.5. The van der Waals surface area contributed by atoms with E-state index in [9.17, 15) is 46.0 Å². The number of aliphatic hydroxyl groups excluding tert-OH is 8. The van der Waals surface area contributed by atoms with Gasteiger partial charge in [-0.25, -0.2) is 0 Å². The molecule has 318 valence electrons. The lowest BCUT2D eigenvalue weighted by Gasteiger charge is -2.72. The van der Waals surface area contributed by atoms with Crippen LogP contribution in [-0.4, -0.2) is 138 Å². The molecule has 0 spiro atoms. The number of rotatable bonds is 9. The second kappa shape index (κ2) is 15.4. The summed E-state index contributed by atoms with van der Waals surface area (Å²) in [7, 11) is 0. The van der Waals surface area contributed by atoms with Crippen molar-refractivity contribution in [2.75, 3.05) is 6.61 Å². The fourth-order valence-corrected chi connectivity index (χ4v) is 13.3. The van der Waals surface area contributed by atoms with Gasteiger partial charge in [0.15, 0.2) is 12.6 Å². The van der Waals surface area contributed by atoms with Gasteiger partial charge in [-0.2, -0.15) is 0 Å². The SMILES string of the molecule is CC(C)=CCC[C@](C)(O)[C@H]1CCC2(C)[C@@H]1[C@H](O)C[C@@H]1[C@@]3(C)CC[C@H](O)C(C)(C)C3[C@@H](O[C@@H]3O[C@H](CO)[C@@H](O)[C@H](O)[C@H]3O[C@@H]3O[C@@H](C)[C@H](O)[C@@H](O)[C@H]3O)C[C@]12C. The molecule has 6 fully saturated rings. The van der Waals surface area contributed by atoms with Crippen molar-refractivity contribution in [1.82, 2.24) is 0 Å². The molecule has 0 radical (unpaired) electrons. The minimum absolute atomic E-state index is 0.0411. The van der Waals surface area contributed by atoms with Gasteiger partial charge >= 0.3 is 0 Å². The van der Waals surface area contributed by atoms with Crippen LogP contribution < -0.4 is 0 Å². The normalized spacial score (nSPS) is 53.4. The molecule has 0 aromatic carbocycles. The molecule has 0 aromatic heterocycles. The van der Waals surface area contributed by atoms with E-state index >= 15 is 0 Å². The first-order valence-corrected chi connectivity index (χ1v) is 20.8. The Kier molecular flexibility index (Phi) is 12.2. The topological polar surface area (TPSA) is 219 Å². The van der Waals surface area contributed by atoms with Crippen molar-refractivity contribution in [2.24, 2.45) is 45.3 Å². The number of allylic oxidation sites excluding steroid dienone is 2. The molecule has 2 heterocycles. The van der Waals surface area contributed by atoms with E-state index in [1.807, 2.05) is 20.8 Å². The minimum atomic E-state index is -1.70. The highest BCUT2D eigenvalue weighted by Crippen LogP contribution is 2.76. The van der Waals surface area contributed by atoms with Crippen LogP contribution in [0.15, 0.2) is 11.6 Å². The van der Waals surface area contributed by atoms with Crippen LogP contribution in [0.2, 0.25) is 0 Å². The summed E-state index contributed by atoms with van der Waals surface area (Å²) in [5, 5.41) is 100. The molecule has 9 N–H and O–H groups in total. The van der Waals surface area contributed by atoms with Crippen molar-refractivity contribution < 1.29 is 64.9 Å². The van der Waals surface area contributed by atoms with Gasteiger partial charge in [-0.3, -0.25) is 0 Å². The van der Waals surface area contributed by atoms with Crippen molar-refractivity contribution >= 4 is 0 Å². The molecule has 0 bridgehead atoms. The smallest absolute Gasteiger partial charge is 0.187 e. The van der Waals surface area contributed by atoms with E-state index < -0.39 is 114 Å². The molecule has 13 heteroatoms. The molecule has 21 atom stereocenters. The minimum Gasteiger partial charge on any atom is -0.394 e. The Morgan fingerprint density at radius 1 is 0.818 bits per heavy atom. The Hall–Kier alpha value is -0.780. The lowest BCUT2D eigenvalue weighted by Crippen LogP contribution is -2.71. The second-order valence-corrected chi connectivity index (χ2v) is 20.3. The lowest BCUT2D eigenvalue weighted by atomic mass is 9.34. The van der Waals surface area contributed by atoms with E-state index in [0.717, 1.165) is 19.3 Å². The van der Waals surface area contributed by atoms with Crippen LogP contribution in [-0.2, 0) is 18.9 Å². The van der Waals surface area contributed by atoms with E-state index in [1.165, 1.54) is 12.5 Å². The zero-order chi connectivity index (χ0) is 40.8. The molecule has 2 saturated heterocycles. The molecule has 55 heavy (non-hydrogen) atoms. The average molecular weight is 785 g/mol. The van der Waals surface area contributed by atoms with Gasteiger partial charge < -0.3 is 64.9 Å². The summed E-state index contributed by atoms with van der Waals surface area (Å²) in [6.45, 7) is 17.8. The number of fused-ring (bicyclic) bond motifs is 5. The second-order valence-electron chi connectivity index (χ2n) is 20.3. The number of hydrogen-bond donors (Lipinski definition) is 9. The Bertz CT molecular complexity index is 1390. The molecular formula is C42H72O13. The maximum absolute atomic E-state index is 12.3. The van der Waals surface area contributed by atoms with Crippen molar-refractivity contribution in [1.29, 1.82) is 0 Å². The number of hydrogen-bond acceptors (Lipinski definition) is 13. The van der Waals surface area contributed by atoms with Crippen molar-refractivity contribution in [3.8, 4) is 0 Å². The highest BCUT2D eigenvalue weighted by Gasteiger charge is 2.73. The molecular weight excluding hydrogens is 712 g/mol. The van der Waals surface area contributed by atoms with Crippen molar-refractivity contribution in [2.45, 2.75) is 199 Å². The summed E-state index contributed by atoms with van der Waals surface area (Å²) in [5.41, 5.74) is -1.71. The third-order valence-corrected chi connectivity index (χ3v) is 16.5. The molecule has 13 nitrogen and oxygen atoms in total. The van der Waals surface area contributed by atoms with Gasteiger partial charge in [0.25, 0.3) is 0 Å². The molecule has 0 amide bonds. The summed E-state index contributed by atoms with van der Waals surface area (Å²) in [4.78, 5) is 0. The third kappa shape index (κ3) is 7.10. The maximum atomic E-state index is 12.3. The lowest BCUT2D eigenvalue weighted by molar-refractivity contribution is -0.382. The predicted molar refractivity (Wildman–Crippen MR) is 201 cm³/mol. The van der Waals surface area contributed by atoms with Crippen molar-refractivity contribution in [3.63, 3.8) is 0 Å². The van der Waals surface area contributed by atoms with Crippen LogP contribution in [0, 0.1) is 45.3 Å². The van der Waals surface area contributed by atoms with Gasteiger partial charge in [0.05, 0.1) is 36.6 Å². The fraction of sp³-hybridized carbons (Fsp3) is 0.952. The van der Waals surface area contributed by atoms with Crippen LogP contribution in [0.5, 0.6) is 0 Å². The van der Waals surface area contributed by atoms with Gasteiger partial charge in [-0.1, -0.05) is 46.3 Å². The quantitative estimate of drug-likeness (QED) is 0.121. The first kappa shape index (κ1) is 43.8. The number of ether oxygens (including phenoxy) is 4. The molecule has 2 unspecified atom stereocenters. The summed E-state index contributed by atoms with van der Waals surface area (Å²) < 4.78 is 25.1. The molecule has 2 aliphatic heterocycles. The highest BCUT2D eigenvalue weighted by atomic mass is 16.8. The van der Waals surface area contributed by atoms with Crippen LogP contribution in [0.1, 0.15) is 114 Å². The van der Waals surface area contributed by atoms with Crippen LogP contribution in [0.25, 0.3) is 0 Å². The summed E-state index contributed by atoms with van der Waals surface area (Å²) in [5.74, 6) is -0.526. The van der Waals surface area contributed by atoms with Crippen LogP contribution in [0.3, 0.4) is 0 Å². The van der Waals surface area contributed by atoms with Gasteiger partial charge in [-0.15, -0.1) is 0 Å². The van der Waals surface area contributed by atoms with E-state index in [1.54, 1.807) is 0 Å². The molecule has 4 saturated carbocycles. The zero-order valence-electron chi connectivity index (χ0n) is 34.4. The maximum Gasteiger partial charge on any atom is 0.187 e. The van der Waals surface area contributed by atoms with Gasteiger partial charge in [0.1, 0.15) is 42.7 Å². The summed E-state index contributed by atoms with van der Waals surface area (Å²) in [6.07, 6.45) is -8.99. The van der Waals surface area contributed by atoms with E-state index in [2.05, 4.69) is 40.7 Å². The van der Waals surface area contributed by atoms with Crippen molar-refractivity contribution in [3.05, 3.63) is 11.6 Å². The first-order chi connectivity index (χ1) is 25.5. The monoisotopic (exact) mass is 784 g/mol. The van der Waals surface area contributed by atoms with E-state index in [-0.39, 0.29) is 23.7 Å². The average Bonchev–Trinajstić information content (AvgIpc) is 3.49. The fourth-order valence-electron chi connectivity index (χ4n) is 13.3. The van der Waals surface area contributed by atoms with Crippen LogP contribution >= 0.6 is 0 Å². The Labute approximate surface area is 327 Å². The van der Waals surface area contributed by atoms with Gasteiger partial charge in [0.2, 0.25) is 0 Å². The van der Waals surface area contributed by atoms with E-state index in [4.69, 9.17) is 18.9 Å². The van der Waals surface area contributed by atoms with E-state index in [0.29, 0.717) is 32.1 Å². The van der Waals surface area contributed by atoms with Crippen LogP contribution in [0.4, 0.5) is 0 Å². The Balaban J connectivity index is 1.38. The van der Waals surface area contributed by atoms with Gasteiger partial charge in [-0.05, 0) is 124 Å². The summed E-state index contributed by atoms with van der Waals surface area (Å²) in [6, 6.07) is 0. The predicted octanol–water partition coefficient (Wildman–Crippen LogP) is 2.15. The van der Waals surface area contributed by atoms with Gasteiger partial charge in [0, 0.05) is 0 Å². The highest BCUT2D eigenvalue weighted by molar-refractivity contribution is 5.22. The molecule has 4 aliphatic carbocycles. The summed E-state index contributed by atoms with van der Waals surface area (Å²) >= 11 is 0. The Morgan fingerprint density at radius 2 is 1.49 bits per heavy atom. The molecule has 0 aromatic rings. The first-order valence-electron chi connectivity index (χ1n) is 20.8. The molecule has 6 aliphatic rings. The number of aliphatic hydroxyl groups is 9. The largest absolute Gasteiger partial charge is 0.394 e.